The molecule has 0 aliphatic carbocycles. The van der Waals surface area contributed by atoms with E-state index in [2.05, 4.69) is 20.0 Å². The van der Waals surface area contributed by atoms with Crippen molar-refractivity contribution in [2.24, 2.45) is 0 Å². The zero-order chi connectivity index (χ0) is 26.1. The fourth-order valence-electron chi connectivity index (χ4n) is 3.09. The molecule has 0 spiro atoms. The summed E-state index contributed by atoms with van der Waals surface area (Å²) in [6.07, 6.45) is 0.480. The molecule has 1 aromatic carbocycles. The summed E-state index contributed by atoms with van der Waals surface area (Å²) in [5.41, 5.74) is 6.36. The van der Waals surface area contributed by atoms with Gasteiger partial charge in [0.1, 0.15) is 11.8 Å². The van der Waals surface area contributed by atoms with E-state index in [4.69, 9.17) is 29.0 Å². The SMILES string of the molecule is CCOC(=O)[C@H](C)NP(=O)(OCCO[C@H](CO)n1cnc2c(OC)nc(N)nc21)Oc1ccccc1. The van der Waals surface area contributed by atoms with Gasteiger partial charge in [0.2, 0.25) is 11.8 Å². The molecule has 3 aromatic rings. The number of imidazole rings is 1. The first-order chi connectivity index (χ1) is 17.3. The number of aliphatic hydroxyl groups excluding tert-OH is 1. The molecule has 196 valence electrons. The molecule has 2 aromatic heterocycles. The number of benzene rings is 1. The molecule has 0 saturated heterocycles. The maximum atomic E-state index is 13.4. The molecule has 1 unspecified atom stereocenters. The Balaban J connectivity index is 1.68. The first kappa shape index (κ1) is 27.3. The van der Waals surface area contributed by atoms with Crippen LogP contribution in [-0.4, -0.2) is 70.2 Å². The van der Waals surface area contributed by atoms with Gasteiger partial charge in [-0.2, -0.15) is 15.1 Å². The normalized spacial score (nSPS) is 14.7. The van der Waals surface area contributed by atoms with Crippen LogP contribution in [0.25, 0.3) is 11.2 Å². The fourth-order valence-corrected chi connectivity index (χ4v) is 4.56. The molecule has 0 bridgehead atoms. The Labute approximate surface area is 207 Å². The number of fused-ring (bicyclic) bond motifs is 1. The van der Waals surface area contributed by atoms with Crippen LogP contribution in [-0.2, 0) is 23.4 Å². The number of para-hydroxylation sites is 1. The van der Waals surface area contributed by atoms with Crippen LogP contribution in [0.15, 0.2) is 36.7 Å². The first-order valence-electron chi connectivity index (χ1n) is 11.0. The van der Waals surface area contributed by atoms with Gasteiger partial charge in [0, 0.05) is 0 Å². The zero-order valence-corrected chi connectivity index (χ0v) is 21.0. The molecule has 4 N–H and O–H groups in total. The maximum Gasteiger partial charge on any atom is 0.459 e. The average Bonchev–Trinajstić information content (AvgIpc) is 3.27. The summed E-state index contributed by atoms with van der Waals surface area (Å²) in [6, 6.07) is 7.38. The van der Waals surface area contributed by atoms with Crippen LogP contribution in [0.4, 0.5) is 5.95 Å². The molecular weight excluding hydrogens is 495 g/mol. The number of carbonyl (C=O) groups excluding carboxylic acids is 1. The number of nitrogens with one attached hydrogen (secondary N) is 1. The minimum Gasteiger partial charge on any atom is -0.479 e. The van der Waals surface area contributed by atoms with E-state index in [1.165, 1.54) is 24.9 Å². The number of esters is 1. The average molecular weight is 524 g/mol. The minimum atomic E-state index is -4.03. The molecule has 0 amide bonds. The van der Waals surface area contributed by atoms with Gasteiger partial charge in [-0.05, 0) is 26.0 Å². The Kier molecular flexibility index (Phi) is 9.56. The molecular formula is C21H29N6O8P. The van der Waals surface area contributed by atoms with Crippen molar-refractivity contribution in [1.82, 2.24) is 24.6 Å². The molecule has 14 nitrogen and oxygen atoms in total. The fraction of sp³-hybridized carbons (Fsp3) is 0.429. The van der Waals surface area contributed by atoms with Crippen molar-refractivity contribution in [1.29, 1.82) is 0 Å². The quantitative estimate of drug-likeness (QED) is 0.157. The second-order valence-electron chi connectivity index (χ2n) is 7.26. The molecule has 2 heterocycles. The Morgan fingerprint density at radius 1 is 1.25 bits per heavy atom. The van der Waals surface area contributed by atoms with Gasteiger partial charge in [0.15, 0.2) is 17.4 Å². The van der Waals surface area contributed by atoms with E-state index in [1.54, 1.807) is 37.3 Å². The zero-order valence-electron chi connectivity index (χ0n) is 20.1. The molecule has 0 radical (unpaired) electrons. The van der Waals surface area contributed by atoms with E-state index in [0.29, 0.717) is 11.2 Å². The maximum absolute atomic E-state index is 13.4. The number of aliphatic hydroxyl groups is 1. The summed E-state index contributed by atoms with van der Waals surface area (Å²) in [5.74, 6) is -0.202. The molecule has 0 aliphatic rings. The largest absolute Gasteiger partial charge is 0.479 e. The lowest BCUT2D eigenvalue weighted by Crippen LogP contribution is -2.35. The Morgan fingerprint density at radius 2 is 2.00 bits per heavy atom. The van der Waals surface area contributed by atoms with Crippen LogP contribution in [0.5, 0.6) is 11.6 Å². The molecule has 0 saturated carbocycles. The number of rotatable bonds is 14. The van der Waals surface area contributed by atoms with Crippen molar-refractivity contribution in [2.45, 2.75) is 26.1 Å². The van der Waals surface area contributed by atoms with Crippen molar-refractivity contribution in [2.75, 3.05) is 39.3 Å². The van der Waals surface area contributed by atoms with E-state index >= 15 is 0 Å². The van der Waals surface area contributed by atoms with Crippen LogP contribution in [0.2, 0.25) is 0 Å². The highest BCUT2D eigenvalue weighted by molar-refractivity contribution is 7.52. The van der Waals surface area contributed by atoms with Gasteiger partial charge < -0.3 is 29.6 Å². The van der Waals surface area contributed by atoms with Gasteiger partial charge in [0.05, 0.1) is 39.9 Å². The van der Waals surface area contributed by atoms with Crippen LogP contribution in [0, 0.1) is 0 Å². The third kappa shape index (κ3) is 6.89. The van der Waals surface area contributed by atoms with E-state index < -0.39 is 32.6 Å². The number of ether oxygens (including phenoxy) is 3. The highest BCUT2D eigenvalue weighted by Crippen LogP contribution is 2.44. The number of aromatic nitrogens is 4. The Morgan fingerprint density at radius 3 is 2.67 bits per heavy atom. The van der Waals surface area contributed by atoms with Gasteiger partial charge in [-0.1, -0.05) is 18.2 Å². The number of nitrogens with two attached hydrogens (primary N) is 1. The molecule has 0 fully saturated rings. The summed E-state index contributed by atoms with van der Waals surface area (Å²) >= 11 is 0. The summed E-state index contributed by atoms with van der Waals surface area (Å²) < 4.78 is 41.7. The molecule has 3 atom stereocenters. The number of anilines is 1. The lowest BCUT2D eigenvalue weighted by Gasteiger charge is -2.23. The second-order valence-corrected chi connectivity index (χ2v) is 8.95. The van der Waals surface area contributed by atoms with E-state index in [0.717, 1.165) is 0 Å². The lowest BCUT2D eigenvalue weighted by atomic mass is 10.3. The van der Waals surface area contributed by atoms with Crippen LogP contribution in [0.1, 0.15) is 20.1 Å². The number of methoxy groups -OCH3 is 1. The third-order valence-corrected chi connectivity index (χ3v) is 6.36. The predicted octanol–water partition coefficient (Wildman–Crippen LogP) is 1.67. The van der Waals surface area contributed by atoms with Crippen molar-refractivity contribution in [3.8, 4) is 11.6 Å². The second kappa shape index (κ2) is 12.6. The van der Waals surface area contributed by atoms with E-state index in [1.807, 2.05) is 0 Å². The smallest absolute Gasteiger partial charge is 0.459 e. The van der Waals surface area contributed by atoms with Gasteiger partial charge in [-0.25, -0.2) is 9.55 Å². The van der Waals surface area contributed by atoms with Gasteiger partial charge >= 0.3 is 13.7 Å². The van der Waals surface area contributed by atoms with E-state index in [-0.39, 0.29) is 37.4 Å². The molecule has 15 heteroatoms. The highest BCUT2D eigenvalue weighted by Gasteiger charge is 2.32. The monoisotopic (exact) mass is 524 g/mol. The summed E-state index contributed by atoms with van der Waals surface area (Å²) in [4.78, 5) is 24.3. The summed E-state index contributed by atoms with van der Waals surface area (Å²) in [7, 11) is -2.61. The number of hydrogen-bond donors (Lipinski definition) is 3. The summed E-state index contributed by atoms with van der Waals surface area (Å²) in [5, 5.41) is 12.4. The number of carbonyl (C=O) groups is 1. The third-order valence-electron chi connectivity index (χ3n) is 4.68. The first-order valence-corrected chi connectivity index (χ1v) is 12.5. The topological polar surface area (TPSA) is 182 Å². The van der Waals surface area contributed by atoms with Crippen molar-refractivity contribution >= 4 is 30.8 Å². The summed E-state index contributed by atoms with van der Waals surface area (Å²) in [6.45, 7) is 2.55. The Hall–Kier alpha value is -3.29. The number of nitrogen functional groups attached to an aromatic ring is 1. The van der Waals surface area contributed by atoms with Gasteiger partial charge in [-0.15, -0.1) is 0 Å². The lowest BCUT2D eigenvalue weighted by molar-refractivity contribution is -0.144. The standard InChI is InChI=1S/C21H29N6O8P/c1-4-32-20(29)14(2)26-36(30,35-15-8-6-5-7-9-15)34-11-10-33-16(12-28)27-13-23-17-18(27)24-21(22)25-19(17)31-3/h5-9,13-14,16,28H,4,10-12H2,1-3H3,(H,26,30)(H2,22,24,25)/t14-,16+,36?/m0/s1. The highest BCUT2D eigenvalue weighted by atomic mass is 31.2. The predicted molar refractivity (Wildman–Crippen MR) is 128 cm³/mol. The molecule has 0 aliphatic heterocycles. The van der Waals surface area contributed by atoms with Crippen molar-refractivity contribution < 1.29 is 37.7 Å². The molecule has 3 rings (SSSR count). The minimum absolute atomic E-state index is 0.0399. The van der Waals surface area contributed by atoms with Crippen molar-refractivity contribution in [3.05, 3.63) is 36.7 Å². The Bertz CT molecular complexity index is 1190. The number of hydrogen-bond acceptors (Lipinski definition) is 12. The van der Waals surface area contributed by atoms with Crippen LogP contribution in [0.3, 0.4) is 0 Å². The van der Waals surface area contributed by atoms with Crippen LogP contribution >= 0.6 is 7.75 Å². The van der Waals surface area contributed by atoms with Gasteiger partial charge in [0.25, 0.3) is 0 Å². The van der Waals surface area contributed by atoms with E-state index in [9.17, 15) is 14.5 Å². The number of nitrogens with zero attached hydrogens (tertiary/aromatic N) is 4. The van der Waals surface area contributed by atoms with Crippen LogP contribution < -0.4 is 20.1 Å². The van der Waals surface area contributed by atoms with Crippen molar-refractivity contribution in [3.63, 3.8) is 0 Å². The molecule has 36 heavy (non-hydrogen) atoms. The van der Waals surface area contributed by atoms with Gasteiger partial charge in [-0.3, -0.25) is 13.9 Å².